The number of hydrogen-bond acceptors (Lipinski definition) is 6. The highest BCUT2D eigenvalue weighted by atomic mass is 32.2. The topological polar surface area (TPSA) is 80.3 Å². The van der Waals surface area contributed by atoms with E-state index in [4.69, 9.17) is 4.74 Å². The molecule has 0 saturated heterocycles. The summed E-state index contributed by atoms with van der Waals surface area (Å²) in [5.74, 6) is -0.492. The number of fused-ring (bicyclic) bond motifs is 1. The van der Waals surface area contributed by atoms with E-state index in [0.29, 0.717) is 23.8 Å². The molecule has 0 aliphatic carbocycles. The molecule has 0 radical (unpaired) electrons. The van der Waals surface area contributed by atoms with Crippen molar-refractivity contribution in [3.63, 3.8) is 0 Å². The molecule has 1 unspecified atom stereocenters. The molecule has 3 aromatic carbocycles. The van der Waals surface area contributed by atoms with Gasteiger partial charge in [-0.2, -0.15) is 0 Å². The smallest absolute Gasteiger partial charge is 0.258 e. The average molecular weight is 510 g/mol. The number of hydrogen-bond donors (Lipinski definition) is 2. The molecule has 9 heteroatoms. The summed E-state index contributed by atoms with van der Waals surface area (Å²) in [5, 5.41) is 5.81. The van der Waals surface area contributed by atoms with Crippen LogP contribution in [0, 0.1) is 5.82 Å². The van der Waals surface area contributed by atoms with Gasteiger partial charge in [-0.3, -0.25) is 9.59 Å². The minimum Gasteiger partial charge on any atom is -0.494 e. The van der Waals surface area contributed by atoms with Gasteiger partial charge in [0.05, 0.1) is 27.6 Å². The molecule has 0 bridgehead atoms. The van der Waals surface area contributed by atoms with Gasteiger partial charge >= 0.3 is 0 Å². The highest BCUT2D eigenvalue weighted by Gasteiger charge is 2.20. The van der Waals surface area contributed by atoms with Gasteiger partial charge in [0.15, 0.2) is 5.13 Å². The zero-order chi connectivity index (χ0) is 24.8. The molecule has 0 aliphatic rings. The molecule has 2 N–H and O–H groups in total. The third kappa shape index (κ3) is 6.17. The number of ether oxygens (including phenoxy) is 1. The van der Waals surface area contributed by atoms with Gasteiger partial charge in [0.2, 0.25) is 5.91 Å². The molecule has 0 saturated carbocycles. The largest absolute Gasteiger partial charge is 0.494 e. The van der Waals surface area contributed by atoms with Crippen LogP contribution in [-0.4, -0.2) is 28.7 Å². The van der Waals surface area contributed by atoms with Gasteiger partial charge in [0.25, 0.3) is 5.91 Å². The van der Waals surface area contributed by atoms with Crippen molar-refractivity contribution >= 4 is 55.9 Å². The molecule has 6 nitrogen and oxygen atoms in total. The van der Waals surface area contributed by atoms with Crippen molar-refractivity contribution in [1.82, 2.24) is 4.98 Å². The summed E-state index contributed by atoms with van der Waals surface area (Å²) in [6.45, 7) is 4.45. The number of thiazole rings is 1. The van der Waals surface area contributed by atoms with Gasteiger partial charge in [0, 0.05) is 10.6 Å². The first kappa shape index (κ1) is 24.7. The van der Waals surface area contributed by atoms with Gasteiger partial charge in [0.1, 0.15) is 11.6 Å². The van der Waals surface area contributed by atoms with Crippen molar-refractivity contribution in [2.75, 3.05) is 17.2 Å². The summed E-state index contributed by atoms with van der Waals surface area (Å²) >= 11 is 2.79. The number of carbonyl (C=O) groups excluding carboxylic acids is 2. The van der Waals surface area contributed by atoms with Gasteiger partial charge in [-0.1, -0.05) is 36.5 Å². The standard InChI is InChI=1S/C26H24FN3O3S2/c1-3-22(25(32)30-26-29-21-13-12-17(33-4-2)15-23(21)35-26)34-18-9-7-8-16(14-18)28-24(31)19-10-5-6-11-20(19)27/h5-15,22H,3-4H2,1-2H3,(H,28,31)(H,29,30,32). The van der Waals surface area contributed by atoms with Crippen molar-refractivity contribution in [3.8, 4) is 5.75 Å². The molecule has 1 atom stereocenters. The van der Waals surface area contributed by atoms with E-state index < -0.39 is 11.7 Å². The highest BCUT2D eigenvalue weighted by molar-refractivity contribution is 8.00. The lowest BCUT2D eigenvalue weighted by atomic mass is 10.2. The maximum atomic E-state index is 13.9. The first-order chi connectivity index (χ1) is 17.0. The Balaban J connectivity index is 1.42. The van der Waals surface area contributed by atoms with Gasteiger partial charge < -0.3 is 15.4 Å². The van der Waals surface area contributed by atoms with Crippen LogP contribution >= 0.6 is 23.1 Å². The van der Waals surface area contributed by atoms with E-state index in [2.05, 4.69) is 15.6 Å². The Kier molecular flexibility index (Phi) is 7.99. The second-order valence-corrected chi connectivity index (χ2v) is 9.85. The van der Waals surface area contributed by atoms with Crippen molar-refractivity contribution in [3.05, 3.63) is 78.1 Å². The summed E-state index contributed by atoms with van der Waals surface area (Å²) in [6.07, 6.45) is 0.599. The van der Waals surface area contributed by atoms with E-state index in [1.807, 2.05) is 38.1 Å². The molecule has 0 aliphatic heterocycles. The second-order valence-electron chi connectivity index (χ2n) is 7.55. The molecular weight excluding hydrogens is 485 g/mol. The Morgan fingerprint density at radius 2 is 1.89 bits per heavy atom. The van der Waals surface area contributed by atoms with Crippen molar-refractivity contribution in [2.45, 2.75) is 30.4 Å². The third-order valence-electron chi connectivity index (χ3n) is 5.05. The second kappa shape index (κ2) is 11.3. The van der Waals surface area contributed by atoms with E-state index in [0.717, 1.165) is 20.9 Å². The van der Waals surface area contributed by atoms with Crippen LogP contribution in [0.25, 0.3) is 10.2 Å². The molecule has 4 aromatic rings. The van der Waals surface area contributed by atoms with Crippen LogP contribution in [0.2, 0.25) is 0 Å². The molecular formula is C26H24FN3O3S2. The zero-order valence-corrected chi connectivity index (χ0v) is 20.8. The molecule has 0 fully saturated rings. The number of anilines is 2. The number of halogens is 1. The number of rotatable bonds is 9. The Bertz CT molecular complexity index is 1360. The Hall–Kier alpha value is -3.43. The van der Waals surface area contributed by atoms with Crippen LogP contribution < -0.4 is 15.4 Å². The van der Waals surface area contributed by atoms with Crippen molar-refractivity contribution in [1.29, 1.82) is 0 Å². The Morgan fingerprint density at radius 3 is 2.66 bits per heavy atom. The van der Waals surface area contributed by atoms with Gasteiger partial charge in [-0.25, -0.2) is 9.37 Å². The van der Waals surface area contributed by atoms with Crippen LogP contribution in [0.5, 0.6) is 5.75 Å². The number of benzene rings is 3. The Labute approximate surface area is 210 Å². The molecule has 35 heavy (non-hydrogen) atoms. The van der Waals surface area contributed by atoms with Crippen LogP contribution in [0.3, 0.4) is 0 Å². The van der Waals surface area contributed by atoms with Gasteiger partial charge in [-0.15, -0.1) is 11.8 Å². The quantitative estimate of drug-likeness (QED) is 0.249. The zero-order valence-electron chi connectivity index (χ0n) is 19.2. The monoisotopic (exact) mass is 509 g/mol. The number of amides is 2. The number of aromatic nitrogens is 1. The van der Waals surface area contributed by atoms with Gasteiger partial charge in [-0.05, 0) is 61.9 Å². The fourth-order valence-electron chi connectivity index (χ4n) is 3.38. The predicted octanol–water partition coefficient (Wildman–Crippen LogP) is 6.60. The predicted molar refractivity (Wildman–Crippen MR) is 140 cm³/mol. The number of nitrogens with one attached hydrogen (secondary N) is 2. The van der Waals surface area contributed by atoms with Crippen LogP contribution in [-0.2, 0) is 4.79 Å². The van der Waals surface area contributed by atoms with Crippen LogP contribution in [0.15, 0.2) is 71.6 Å². The minimum absolute atomic E-state index is 0.0272. The van der Waals surface area contributed by atoms with E-state index in [1.165, 1.54) is 41.3 Å². The summed E-state index contributed by atoms with van der Waals surface area (Å²) in [7, 11) is 0. The lowest BCUT2D eigenvalue weighted by Crippen LogP contribution is -2.24. The van der Waals surface area contributed by atoms with Crippen LogP contribution in [0.1, 0.15) is 30.6 Å². The molecule has 180 valence electrons. The number of nitrogens with zero attached hydrogens (tertiary/aromatic N) is 1. The number of carbonyl (C=O) groups is 2. The molecule has 1 aromatic heterocycles. The maximum Gasteiger partial charge on any atom is 0.258 e. The summed E-state index contributed by atoms with van der Waals surface area (Å²) in [5.41, 5.74) is 1.29. The molecule has 2 amide bonds. The average Bonchev–Trinajstić information content (AvgIpc) is 3.24. The first-order valence-corrected chi connectivity index (χ1v) is 12.8. The van der Waals surface area contributed by atoms with Crippen molar-refractivity contribution in [2.24, 2.45) is 0 Å². The molecule has 0 spiro atoms. The van der Waals surface area contributed by atoms with E-state index in [9.17, 15) is 14.0 Å². The lowest BCUT2D eigenvalue weighted by molar-refractivity contribution is -0.115. The lowest BCUT2D eigenvalue weighted by Gasteiger charge is -2.14. The van der Waals surface area contributed by atoms with Crippen LogP contribution in [0.4, 0.5) is 15.2 Å². The van der Waals surface area contributed by atoms with E-state index >= 15 is 0 Å². The number of thioether (sulfide) groups is 1. The fraction of sp³-hybridized carbons (Fsp3) is 0.192. The highest BCUT2D eigenvalue weighted by Crippen LogP contribution is 2.32. The summed E-state index contributed by atoms with van der Waals surface area (Å²) < 4.78 is 20.4. The minimum atomic E-state index is -0.581. The third-order valence-corrected chi connectivity index (χ3v) is 7.34. The summed E-state index contributed by atoms with van der Waals surface area (Å²) in [4.78, 5) is 30.7. The summed E-state index contributed by atoms with van der Waals surface area (Å²) in [6, 6.07) is 18.6. The molecule has 1 heterocycles. The van der Waals surface area contributed by atoms with E-state index in [1.54, 1.807) is 24.3 Å². The maximum absolute atomic E-state index is 13.9. The Morgan fingerprint density at radius 1 is 1.06 bits per heavy atom. The van der Waals surface area contributed by atoms with E-state index in [-0.39, 0.29) is 16.7 Å². The normalized spacial score (nSPS) is 11.7. The van der Waals surface area contributed by atoms with Crippen molar-refractivity contribution < 1.29 is 18.7 Å². The first-order valence-electron chi connectivity index (χ1n) is 11.1. The fourth-order valence-corrected chi connectivity index (χ4v) is 5.29. The molecule has 4 rings (SSSR count). The SMILES string of the molecule is CCOc1ccc2nc(NC(=O)C(CC)Sc3cccc(NC(=O)c4ccccc4F)c3)sc2c1.